The monoisotopic (exact) mass is 510 g/mol. The number of hydrogen-bond acceptors (Lipinski definition) is 8. The number of carbonyl (C=O) groups is 1. The van der Waals surface area contributed by atoms with Crippen LogP contribution in [0.15, 0.2) is 66.0 Å². The van der Waals surface area contributed by atoms with Gasteiger partial charge in [-0.05, 0) is 48.9 Å². The summed E-state index contributed by atoms with van der Waals surface area (Å²) in [5, 5.41) is 17.0. The van der Waals surface area contributed by atoms with Gasteiger partial charge in [-0.3, -0.25) is 14.3 Å². The number of nitrogens with zero attached hydrogens (tertiary/aromatic N) is 9. The molecule has 1 aliphatic rings. The Balaban J connectivity index is 1.16. The Morgan fingerprint density at radius 2 is 1.89 bits per heavy atom. The molecular formula is C26H26N10O2. The number of hydrogen-bond donors (Lipinski definition) is 1. The van der Waals surface area contributed by atoms with Crippen LogP contribution >= 0.6 is 0 Å². The Morgan fingerprint density at radius 1 is 1.03 bits per heavy atom. The number of benzene rings is 1. The number of fused-ring (bicyclic) bond motifs is 1. The van der Waals surface area contributed by atoms with Crippen LogP contribution in [0.5, 0.6) is 0 Å². The smallest absolute Gasteiger partial charge is 0.266 e. The van der Waals surface area contributed by atoms with Crippen molar-refractivity contribution in [2.75, 3.05) is 0 Å². The molecule has 38 heavy (non-hydrogen) atoms. The molecule has 2 atom stereocenters. The molecule has 1 fully saturated rings. The van der Waals surface area contributed by atoms with Crippen LogP contribution in [-0.2, 0) is 24.3 Å². The van der Waals surface area contributed by atoms with Gasteiger partial charge in [-0.2, -0.15) is 14.9 Å². The van der Waals surface area contributed by atoms with Gasteiger partial charge in [0.05, 0.1) is 31.2 Å². The second-order valence-electron chi connectivity index (χ2n) is 9.60. The fraction of sp³-hybridized carbons (Fsp3) is 0.308. The summed E-state index contributed by atoms with van der Waals surface area (Å²) in [7, 11) is 0. The minimum Gasteiger partial charge on any atom is -0.369 e. The molecule has 1 amide bonds. The van der Waals surface area contributed by atoms with Gasteiger partial charge in [0.25, 0.3) is 5.56 Å². The normalized spacial score (nSPS) is 17.3. The Bertz CT molecular complexity index is 1650. The highest BCUT2D eigenvalue weighted by Crippen LogP contribution is 2.32. The summed E-state index contributed by atoms with van der Waals surface area (Å²) in [6, 6.07) is 11.0. The predicted octanol–water partition coefficient (Wildman–Crippen LogP) is 1.77. The number of aryl methyl sites for hydroxylation is 2. The second kappa shape index (κ2) is 9.96. The largest absolute Gasteiger partial charge is 0.369 e. The van der Waals surface area contributed by atoms with Gasteiger partial charge in [-0.1, -0.05) is 17.3 Å². The molecule has 1 aromatic carbocycles. The third-order valence-corrected chi connectivity index (χ3v) is 7.06. The first-order valence-electron chi connectivity index (χ1n) is 12.6. The van der Waals surface area contributed by atoms with E-state index in [0.29, 0.717) is 42.4 Å². The molecule has 0 radical (unpaired) electrons. The zero-order chi connectivity index (χ0) is 26.1. The topological polar surface area (TPSA) is 152 Å². The van der Waals surface area contributed by atoms with Crippen LogP contribution in [0.2, 0.25) is 0 Å². The van der Waals surface area contributed by atoms with Crippen LogP contribution in [0.3, 0.4) is 0 Å². The number of rotatable bonds is 8. The summed E-state index contributed by atoms with van der Waals surface area (Å²) < 4.78 is 4.92. The first-order valence-corrected chi connectivity index (χ1v) is 12.6. The van der Waals surface area contributed by atoms with E-state index in [0.717, 1.165) is 36.1 Å². The maximum Gasteiger partial charge on any atom is 0.266 e. The number of carbonyl (C=O) groups excluding carboxylic acids is 1. The van der Waals surface area contributed by atoms with Gasteiger partial charge in [0.15, 0.2) is 11.2 Å². The van der Waals surface area contributed by atoms with Crippen molar-refractivity contribution in [1.82, 2.24) is 44.5 Å². The molecule has 0 saturated heterocycles. The maximum absolute atomic E-state index is 11.8. The molecule has 2 N–H and O–H groups in total. The summed E-state index contributed by atoms with van der Waals surface area (Å²) in [5.41, 5.74) is 9.40. The van der Waals surface area contributed by atoms with E-state index in [2.05, 4.69) is 25.5 Å². The van der Waals surface area contributed by atoms with Crippen molar-refractivity contribution in [2.24, 2.45) is 17.6 Å². The Kier molecular flexibility index (Phi) is 6.20. The molecule has 0 bridgehead atoms. The Morgan fingerprint density at radius 3 is 2.68 bits per heavy atom. The summed E-state index contributed by atoms with van der Waals surface area (Å²) in [6.07, 6.45) is 10.3. The van der Waals surface area contributed by atoms with Crippen molar-refractivity contribution < 1.29 is 4.79 Å². The maximum atomic E-state index is 11.8. The Labute approximate surface area is 217 Å². The predicted molar refractivity (Wildman–Crippen MR) is 138 cm³/mol. The van der Waals surface area contributed by atoms with Crippen LogP contribution in [0.1, 0.15) is 25.1 Å². The van der Waals surface area contributed by atoms with E-state index in [9.17, 15) is 9.59 Å². The molecule has 0 spiro atoms. The van der Waals surface area contributed by atoms with Gasteiger partial charge in [-0.25, -0.2) is 14.6 Å². The van der Waals surface area contributed by atoms with Crippen LogP contribution < -0.4 is 11.3 Å². The lowest BCUT2D eigenvalue weighted by Gasteiger charge is -2.09. The van der Waals surface area contributed by atoms with Crippen molar-refractivity contribution in [2.45, 2.75) is 38.8 Å². The SMILES string of the molecule is NC(=O)[C@@H]1CC[C@@H](Cc2ncc3nnn(-c4ccc(-c5cnn(CCn6ncccc6=O)c5)cc4)c3n2)C1. The highest BCUT2D eigenvalue weighted by atomic mass is 16.1. The van der Waals surface area contributed by atoms with Crippen LogP contribution in [0, 0.1) is 11.8 Å². The zero-order valence-corrected chi connectivity index (χ0v) is 20.6. The average Bonchev–Trinajstić information content (AvgIpc) is 3.68. The zero-order valence-electron chi connectivity index (χ0n) is 20.6. The standard InChI is InChI=1S/C26H26N10O2/c27-25(38)19-4-3-17(12-19)13-23-28-15-22-26(31-23)36(33-32-22)21-7-5-18(6-8-21)20-14-30-34(16-20)10-11-35-24(37)2-1-9-29-35/h1-2,5-9,14-17,19H,3-4,10-13H2,(H2,27,38)/t17-,19-/m1/s1. The quantitative estimate of drug-likeness (QED) is 0.332. The van der Waals surface area contributed by atoms with Gasteiger partial charge in [0.2, 0.25) is 5.91 Å². The minimum absolute atomic E-state index is 0.0491. The Hall–Kier alpha value is -4.74. The summed E-state index contributed by atoms with van der Waals surface area (Å²) in [4.78, 5) is 32.6. The highest BCUT2D eigenvalue weighted by Gasteiger charge is 2.29. The molecule has 4 heterocycles. The minimum atomic E-state index is -0.219. The van der Waals surface area contributed by atoms with E-state index < -0.39 is 0 Å². The van der Waals surface area contributed by atoms with E-state index in [1.54, 1.807) is 34.0 Å². The van der Waals surface area contributed by atoms with Crippen LogP contribution in [-0.4, -0.2) is 50.4 Å². The number of nitrogens with two attached hydrogens (primary N) is 1. The molecule has 6 rings (SSSR count). The fourth-order valence-corrected chi connectivity index (χ4v) is 5.00. The van der Waals surface area contributed by atoms with E-state index in [1.165, 1.54) is 10.7 Å². The molecule has 12 heteroatoms. The third-order valence-electron chi connectivity index (χ3n) is 7.06. The number of amides is 1. The van der Waals surface area contributed by atoms with Crippen molar-refractivity contribution in [3.05, 3.63) is 77.4 Å². The first-order chi connectivity index (χ1) is 18.5. The average molecular weight is 511 g/mol. The van der Waals surface area contributed by atoms with Gasteiger partial charge in [0, 0.05) is 36.4 Å². The second-order valence-corrected chi connectivity index (χ2v) is 9.60. The van der Waals surface area contributed by atoms with E-state index in [1.807, 2.05) is 30.5 Å². The van der Waals surface area contributed by atoms with E-state index in [-0.39, 0.29) is 17.4 Å². The molecule has 1 saturated carbocycles. The van der Waals surface area contributed by atoms with Gasteiger partial charge in [-0.15, -0.1) is 5.10 Å². The van der Waals surface area contributed by atoms with Crippen molar-refractivity contribution in [3.63, 3.8) is 0 Å². The van der Waals surface area contributed by atoms with Crippen LogP contribution in [0.25, 0.3) is 28.0 Å². The highest BCUT2D eigenvalue weighted by molar-refractivity contribution is 5.77. The lowest BCUT2D eigenvalue weighted by Crippen LogP contribution is -2.23. The molecule has 5 aromatic rings. The third kappa shape index (κ3) is 4.80. The fourth-order valence-electron chi connectivity index (χ4n) is 5.00. The number of primary amides is 1. The molecule has 192 valence electrons. The molecule has 0 unspecified atom stereocenters. The van der Waals surface area contributed by atoms with Gasteiger partial charge < -0.3 is 5.73 Å². The molecular weight excluding hydrogens is 484 g/mol. The van der Waals surface area contributed by atoms with Crippen molar-refractivity contribution in [3.8, 4) is 16.8 Å². The lowest BCUT2D eigenvalue weighted by molar-refractivity contribution is -0.121. The molecule has 0 aliphatic heterocycles. The van der Waals surface area contributed by atoms with E-state index >= 15 is 0 Å². The summed E-state index contributed by atoms with van der Waals surface area (Å²) in [6.45, 7) is 0.974. The molecule has 1 aliphatic carbocycles. The van der Waals surface area contributed by atoms with Crippen LogP contribution in [0.4, 0.5) is 0 Å². The lowest BCUT2D eigenvalue weighted by atomic mass is 10.0. The van der Waals surface area contributed by atoms with Gasteiger partial charge >= 0.3 is 0 Å². The summed E-state index contributed by atoms with van der Waals surface area (Å²) >= 11 is 0. The summed E-state index contributed by atoms with van der Waals surface area (Å²) in [5.74, 6) is 0.794. The molecule has 12 nitrogen and oxygen atoms in total. The van der Waals surface area contributed by atoms with Gasteiger partial charge in [0.1, 0.15) is 5.82 Å². The van der Waals surface area contributed by atoms with E-state index in [4.69, 9.17) is 10.7 Å². The van der Waals surface area contributed by atoms with Crippen molar-refractivity contribution >= 4 is 17.1 Å². The number of aromatic nitrogens is 9. The first kappa shape index (κ1) is 23.6. The van der Waals surface area contributed by atoms with Crippen molar-refractivity contribution in [1.29, 1.82) is 0 Å². The molecule has 4 aromatic heterocycles.